The van der Waals surface area contributed by atoms with Crippen LogP contribution in [0.5, 0.6) is 5.75 Å². The molecule has 0 heterocycles. The molecule has 1 aromatic rings. The van der Waals surface area contributed by atoms with Gasteiger partial charge in [-0.25, -0.2) is 0 Å². The van der Waals surface area contributed by atoms with Crippen LogP contribution in [0.4, 0.5) is 5.69 Å². The van der Waals surface area contributed by atoms with Gasteiger partial charge in [0.1, 0.15) is 11.8 Å². The molecule has 0 aliphatic rings. The smallest absolute Gasteiger partial charge is 0.121 e. The summed E-state index contributed by atoms with van der Waals surface area (Å²) in [5, 5.41) is 11.6. The summed E-state index contributed by atoms with van der Waals surface area (Å²) < 4.78 is 5.01. The fraction of sp³-hybridized carbons (Fsp3) is 0.222. The number of anilines is 1. The summed E-state index contributed by atoms with van der Waals surface area (Å²) in [6.45, 7) is 0. The molecule has 62 valence electrons. The molecule has 0 fully saturated rings. The number of methoxy groups -OCH3 is 1. The van der Waals surface area contributed by atoms with Crippen LogP contribution in [-0.2, 0) is 0 Å². The van der Waals surface area contributed by atoms with Crippen molar-refractivity contribution in [2.75, 3.05) is 19.5 Å². The Bertz CT molecular complexity index is 315. The van der Waals surface area contributed by atoms with Gasteiger partial charge >= 0.3 is 0 Å². The van der Waals surface area contributed by atoms with Gasteiger partial charge in [0.2, 0.25) is 0 Å². The molecule has 1 N–H and O–H groups in total. The molecular weight excluding hydrogens is 152 g/mol. The van der Waals surface area contributed by atoms with Gasteiger partial charge in [0.05, 0.1) is 18.4 Å². The first-order chi connectivity index (χ1) is 5.81. The maximum absolute atomic E-state index is 8.68. The number of nitrogens with zero attached hydrogens (tertiary/aromatic N) is 1. The van der Waals surface area contributed by atoms with Gasteiger partial charge in [0, 0.05) is 13.1 Å². The lowest BCUT2D eigenvalue weighted by molar-refractivity contribution is 0.415. The Hall–Kier alpha value is -1.69. The molecule has 0 atom stereocenters. The minimum absolute atomic E-state index is 0.623. The molecule has 3 nitrogen and oxygen atoms in total. The standard InChI is InChI=1S/C9H10N2O/c1-11-9-5-8(12-2)4-3-7(9)6-10/h3-5,11H,1-2H3. The Kier molecular flexibility index (Phi) is 2.54. The van der Waals surface area contributed by atoms with Gasteiger partial charge in [-0.15, -0.1) is 0 Å². The van der Waals surface area contributed by atoms with Crippen molar-refractivity contribution in [2.24, 2.45) is 0 Å². The van der Waals surface area contributed by atoms with Crippen LogP contribution in [0.2, 0.25) is 0 Å². The van der Waals surface area contributed by atoms with E-state index in [4.69, 9.17) is 10.00 Å². The molecule has 0 saturated heterocycles. The molecule has 0 unspecified atom stereocenters. The average molecular weight is 162 g/mol. The topological polar surface area (TPSA) is 45.0 Å². The summed E-state index contributed by atoms with van der Waals surface area (Å²) in [5.41, 5.74) is 1.41. The quantitative estimate of drug-likeness (QED) is 0.718. The number of hydrogen-bond acceptors (Lipinski definition) is 3. The lowest BCUT2D eigenvalue weighted by Gasteiger charge is -2.04. The number of hydrogen-bond donors (Lipinski definition) is 1. The second kappa shape index (κ2) is 3.63. The van der Waals surface area contributed by atoms with Crippen LogP contribution >= 0.6 is 0 Å². The van der Waals surface area contributed by atoms with Crippen LogP contribution in [0.15, 0.2) is 18.2 Å². The predicted octanol–water partition coefficient (Wildman–Crippen LogP) is 1.61. The summed E-state index contributed by atoms with van der Waals surface area (Å²) in [5.74, 6) is 0.748. The lowest BCUT2D eigenvalue weighted by Crippen LogP contribution is -1.93. The fourth-order valence-corrected chi connectivity index (χ4v) is 0.955. The van der Waals surface area contributed by atoms with Crippen molar-refractivity contribution >= 4 is 5.69 Å². The van der Waals surface area contributed by atoms with Gasteiger partial charge in [-0.05, 0) is 12.1 Å². The zero-order valence-electron chi connectivity index (χ0n) is 7.09. The van der Waals surface area contributed by atoms with Gasteiger partial charge < -0.3 is 10.1 Å². The molecule has 1 aromatic carbocycles. The van der Waals surface area contributed by atoms with Crippen LogP contribution < -0.4 is 10.1 Å². The van der Waals surface area contributed by atoms with Crippen LogP contribution in [0, 0.1) is 11.3 Å². The molecule has 0 spiro atoms. The summed E-state index contributed by atoms with van der Waals surface area (Å²) in [4.78, 5) is 0. The summed E-state index contributed by atoms with van der Waals surface area (Å²) in [6.07, 6.45) is 0. The Morgan fingerprint density at radius 2 is 2.25 bits per heavy atom. The highest BCUT2D eigenvalue weighted by atomic mass is 16.5. The summed E-state index contributed by atoms with van der Waals surface area (Å²) >= 11 is 0. The Labute approximate surface area is 71.6 Å². The SMILES string of the molecule is CNc1cc(OC)ccc1C#N. The molecule has 0 radical (unpaired) electrons. The third-order valence-electron chi connectivity index (χ3n) is 1.62. The molecule has 0 aliphatic carbocycles. The Morgan fingerprint density at radius 3 is 2.75 bits per heavy atom. The maximum atomic E-state index is 8.68. The first-order valence-corrected chi connectivity index (χ1v) is 3.57. The van der Waals surface area contributed by atoms with Crippen molar-refractivity contribution in [3.05, 3.63) is 23.8 Å². The number of benzene rings is 1. The monoisotopic (exact) mass is 162 g/mol. The van der Waals surface area contributed by atoms with E-state index >= 15 is 0 Å². The van der Waals surface area contributed by atoms with E-state index in [0.717, 1.165) is 11.4 Å². The molecule has 0 bridgehead atoms. The van der Waals surface area contributed by atoms with Crippen molar-refractivity contribution < 1.29 is 4.74 Å². The van der Waals surface area contributed by atoms with Crippen LogP contribution in [-0.4, -0.2) is 14.2 Å². The van der Waals surface area contributed by atoms with Crippen LogP contribution in [0.1, 0.15) is 5.56 Å². The first-order valence-electron chi connectivity index (χ1n) is 3.57. The summed E-state index contributed by atoms with van der Waals surface area (Å²) in [7, 11) is 3.37. The van der Waals surface area contributed by atoms with E-state index in [2.05, 4.69) is 11.4 Å². The molecule has 0 aliphatic heterocycles. The van der Waals surface area contributed by atoms with E-state index in [9.17, 15) is 0 Å². The second-order valence-electron chi connectivity index (χ2n) is 2.27. The van der Waals surface area contributed by atoms with E-state index in [0.29, 0.717) is 5.56 Å². The zero-order chi connectivity index (χ0) is 8.97. The fourth-order valence-electron chi connectivity index (χ4n) is 0.955. The van der Waals surface area contributed by atoms with Crippen molar-refractivity contribution in [3.63, 3.8) is 0 Å². The maximum Gasteiger partial charge on any atom is 0.121 e. The van der Waals surface area contributed by atoms with E-state index in [1.807, 2.05) is 0 Å². The molecular formula is C9H10N2O. The Morgan fingerprint density at radius 1 is 1.50 bits per heavy atom. The van der Waals surface area contributed by atoms with E-state index in [1.54, 1.807) is 32.4 Å². The lowest BCUT2D eigenvalue weighted by atomic mass is 10.2. The van der Waals surface area contributed by atoms with E-state index in [-0.39, 0.29) is 0 Å². The highest BCUT2D eigenvalue weighted by Gasteiger charge is 2.00. The van der Waals surface area contributed by atoms with Crippen molar-refractivity contribution in [2.45, 2.75) is 0 Å². The van der Waals surface area contributed by atoms with E-state index < -0.39 is 0 Å². The van der Waals surface area contributed by atoms with E-state index in [1.165, 1.54) is 0 Å². The second-order valence-corrected chi connectivity index (χ2v) is 2.27. The number of ether oxygens (including phenoxy) is 1. The van der Waals surface area contributed by atoms with Crippen molar-refractivity contribution in [1.29, 1.82) is 5.26 Å². The Balaban J connectivity index is 3.13. The van der Waals surface area contributed by atoms with Crippen LogP contribution in [0.25, 0.3) is 0 Å². The van der Waals surface area contributed by atoms with Crippen LogP contribution in [0.3, 0.4) is 0 Å². The minimum atomic E-state index is 0.623. The van der Waals surface area contributed by atoms with Crippen molar-refractivity contribution in [1.82, 2.24) is 0 Å². The molecule has 3 heteroatoms. The van der Waals surface area contributed by atoms with Gasteiger partial charge in [-0.3, -0.25) is 0 Å². The number of nitriles is 1. The minimum Gasteiger partial charge on any atom is -0.497 e. The van der Waals surface area contributed by atoms with Gasteiger partial charge in [-0.2, -0.15) is 5.26 Å². The largest absolute Gasteiger partial charge is 0.497 e. The summed E-state index contributed by atoms with van der Waals surface area (Å²) in [6, 6.07) is 7.36. The molecule has 12 heavy (non-hydrogen) atoms. The average Bonchev–Trinajstić information content (AvgIpc) is 2.16. The molecule has 1 rings (SSSR count). The van der Waals surface area contributed by atoms with Gasteiger partial charge in [0.15, 0.2) is 0 Å². The number of rotatable bonds is 2. The van der Waals surface area contributed by atoms with Gasteiger partial charge in [-0.1, -0.05) is 0 Å². The highest BCUT2D eigenvalue weighted by molar-refractivity contribution is 5.59. The first kappa shape index (κ1) is 8.41. The zero-order valence-corrected chi connectivity index (χ0v) is 7.09. The van der Waals surface area contributed by atoms with Crippen molar-refractivity contribution in [3.8, 4) is 11.8 Å². The third-order valence-corrected chi connectivity index (χ3v) is 1.62. The molecule has 0 amide bonds. The predicted molar refractivity (Wildman–Crippen MR) is 47.3 cm³/mol. The molecule has 0 saturated carbocycles. The highest BCUT2D eigenvalue weighted by Crippen LogP contribution is 2.20. The van der Waals surface area contributed by atoms with Gasteiger partial charge in [0.25, 0.3) is 0 Å². The normalized spacial score (nSPS) is 8.75. The third kappa shape index (κ3) is 1.48. The molecule has 0 aromatic heterocycles. The number of nitrogens with one attached hydrogen (secondary N) is 1.